The van der Waals surface area contributed by atoms with E-state index < -0.39 is 0 Å². The second-order valence-electron chi connectivity index (χ2n) is 5.92. The lowest BCUT2D eigenvalue weighted by Gasteiger charge is -2.25. The fourth-order valence-electron chi connectivity index (χ4n) is 1.95. The standard InChI is InChI=1S/C15H23N5S/c1-5-20(10-11-7-6-8-21-11)13-9-12(19-16)17-14(18-13)15(2,3)4/h6-9H,5,10,16H2,1-4H3,(H,17,18,19). The van der Waals surface area contributed by atoms with Crippen LogP contribution >= 0.6 is 11.3 Å². The Labute approximate surface area is 130 Å². The first kappa shape index (κ1) is 15.7. The molecule has 2 rings (SSSR count). The monoisotopic (exact) mass is 305 g/mol. The van der Waals surface area contributed by atoms with E-state index in [4.69, 9.17) is 10.8 Å². The van der Waals surface area contributed by atoms with Gasteiger partial charge in [-0.05, 0) is 18.4 Å². The highest BCUT2D eigenvalue weighted by Gasteiger charge is 2.20. The maximum atomic E-state index is 5.55. The first-order chi connectivity index (χ1) is 9.94. The molecule has 6 heteroatoms. The normalized spacial score (nSPS) is 11.5. The topological polar surface area (TPSA) is 67.1 Å². The molecule has 0 bridgehead atoms. The smallest absolute Gasteiger partial charge is 0.145 e. The van der Waals surface area contributed by atoms with Crippen LogP contribution in [0.2, 0.25) is 0 Å². The number of anilines is 2. The van der Waals surface area contributed by atoms with E-state index in [1.807, 2.05) is 6.07 Å². The quantitative estimate of drug-likeness (QED) is 0.656. The van der Waals surface area contributed by atoms with Gasteiger partial charge in [-0.25, -0.2) is 15.8 Å². The predicted molar refractivity (Wildman–Crippen MR) is 89.6 cm³/mol. The van der Waals surface area contributed by atoms with Gasteiger partial charge < -0.3 is 10.3 Å². The van der Waals surface area contributed by atoms with E-state index in [2.05, 4.69) is 60.5 Å². The van der Waals surface area contributed by atoms with Gasteiger partial charge in [0.1, 0.15) is 17.5 Å². The molecule has 0 aliphatic heterocycles. The van der Waals surface area contributed by atoms with Gasteiger partial charge in [0.05, 0.1) is 6.54 Å². The summed E-state index contributed by atoms with van der Waals surface area (Å²) in [5.74, 6) is 7.89. The molecule has 0 aliphatic rings. The average Bonchev–Trinajstić information content (AvgIpc) is 2.96. The van der Waals surface area contributed by atoms with Crippen molar-refractivity contribution < 1.29 is 0 Å². The molecule has 0 unspecified atom stereocenters. The highest BCUT2D eigenvalue weighted by atomic mass is 32.1. The summed E-state index contributed by atoms with van der Waals surface area (Å²) >= 11 is 1.76. The Bertz CT molecular complexity index is 574. The molecule has 0 aliphatic carbocycles. The van der Waals surface area contributed by atoms with Gasteiger partial charge in [0.25, 0.3) is 0 Å². The molecule has 114 valence electrons. The van der Waals surface area contributed by atoms with Crippen LogP contribution in [0.15, 0.2) is 23.6 Å². The number of nitrogens with zero attached hydrogens (tertiary/aromatic N) is 3. The van der Waals surface area contributed by atoms with Crippen molar-refractivity contribution in [2.75, 3.05) is 16.9 Å². The molecule has 3 N–H and O–H groups in total. The molecule has 0 atom stereocenters. The van der Waals surface area contributed by atoms with Crippen LogP contribution < -0.4 is 16.2 Å². The number of nitrogen functional groups attached to an aromatic ring is 1. The highest BCUT2D eigenvalue weighted by molar-refractivity contribution is 7.09. The van der Waals surface area contributed by atoms with Crippen molar-refractivity contribution in [2.24, 2.45) is 5.84 Å². The summed E-state index contributed by atoms with van der Waals surface area (Å²) in [4.78, 5) is 12.7. The minimum Gasteiger partial charge on any atom is -0.352 e. The van der Waals surface area contributed by atoms with Crippen LogP contribution in [0.25, 0.3) is 0 Å². The number of hydrogen-bond acceptors (Lipinski definition) is 6. The Morgan fingerprint density at radius 2 is 2.10 bits per heavy atom. The maximum Gasteiger partial charge on any atom is 0.145 e. The molecule has 0 spiro atoms. The molecule has 0 fully saturated rings. The highest BCUT2D eigenvalue weighted by Crippen LogP contribution is 2.25. The lowest BCUT2D eigenvalue weighted by Crippen LogP contribution is -2.26. The molecule has 2 aromatic heterocycles. The maximum absolute atomic E-state index is 5.55. The average molecular weight is 305 g/mol. The molecule has 2 heterocycles. The lowest BCUT2D eigenvalue weighted by molar-refractivity contribution is 0.544. The van der Waals surface area contributed by atoms with Gasteiger partial charge in [0, 0.05) is 22.9 Å². The van der Waals surface area contributed by atoms with Crippen molar-refractivity contribution in [3.05, 3.63) is 34.3 Å². The number of aromatic nitrogens is 2. The molecule has 2 aromatic rings. The molecule has 0 radical (unpaired) electrons. The molecular weight excluding hydrogens is 282 g/mol. The van der Waals surface area contributed by atoms with Crippen molar-refractivity contribution in [3.63, 3.8) is 0 Å². The summed E-state index contributed by atoms with van der Waals surface area (Å²) in [6.45, 7) is 10.1. The van der Waals surface area contributed by atoms with Gasteiger partial charge in [-0.1, -0.05) is 26.8 Å². The second-order valence-corrected chi connectivity index (χ2v) is 6.96. The minimum absolute atomic E-state index is 0.121. The van der Waals surface area contributed by atoms with Gasteiger partial charge in [0.2, 0.25) is 0 Å². The van der Waals surface area contributed by atoms with Crippen LogP contribution in [-0.4, -0.2) is 16.5 Å². The van der Waals surface area contributed by atoms with Crippen LogP contribution in [0.1, 0.15) is 38.4 Å². The Morgan fingerprint density at radius 1 is 1.33 bits per heavy atom. The van der Waals surface area contributed by atoms with Crippen molar-refractivity contribution in [1.82, 2.24) is 9.97 Å². The number of hydrogen-bond donors (Lipinski definition) is 2. The molecule has 0 aromatic carbocycles. The Balaban J connectivity index is 2.35. The van der Waals surface area contributed by atoms with Gasteiger partial charge in [-0.15, -0.1) is 11.3 Å². The summed E-state index contributed by atoms with van der Waals surface area (Å²) in [7, 11) is 0. The van der Waals surface area contributed by atoms with E-state index in [1.54, 1.807) is 11.3 Å². The molecule has 5 nitrogen and oxygen atoms in total. The minimum atomic E-state index is -0.121. The van der Waals surface area contributed by atoms with E-state index in [1.165, 1.54) is 4.88 Å². The summed E-state index contributed by atoms with van der Waals surface area (Å²) in [6, 6.07) is 6.11. The largest absolute Gasteiger partial charge is 0.352 e. The van der Waals surface area contributed by atoms with Crippen LogP contribution in [0.5, 0.6) is 0 Å². The number of hydrazine groups is 1. The summed E-state index contributed by atoms with van der Waals surface area (Å²) in [5.41, 5.74) is 2.52. The Hall–Kier alpha value is -1.66. The van der Waals surface area contributed by atoms with Crippen molar-refractivity contribution in [2.45, 2.75) is 39.7 Å². The summed E-state index contributed by atoms with van der Waals surface area (Å²) in [5, 5.41) is 2.09. The lowest BCUT2D eigenvalue weighted by atomic mass is 9.96. The fourth-order valence-corrected chi connectivity index (χ4v) is 2.67. The third-order valence-corrected chi connectivity index (χ3v) is 4.02. The molecule has 0 amide bonds. The van der Waals surface area contributed by atoms with Crippen molar-refractivity contribution >= 4 is 23.0 Å². The first-order valence-electron chi connectivity index (χ1n) is 7.07. The molecule has 21 heavy (non-hydrogen) atoms. The Kier molecular flexibility index (Phi) is 4.80. The van der Waals surface area contributed by atoms with E-state index in [0.717, 1.165) is 24.7 Å². The van der Waals surface area contributed by atoms with Gasteiger partial charge in [-0.2, -0.15) is 0 Å². The molecule has 0 saturated heterocycles. The van der Waals surface area contributed by atoms with Gasteiger partial charge in [0.15, 0.2) is 0 Å². The predicted octanol–water partition coefficient (Wildman–Crippen LogP) is 3.15. The first-order valence-corrected chi connectivity index (χ1v) is 7.95. The summed E-state index contributed by atoms with van der Waals surface area (Å²) < 4.78 is 0. The van der Waals surface area contributed by atoms with E-state index in [-0.39, 0.29) is 5.41 Å². The zero-order valence-electron chi connectivity index (χ0n) is 13.1. The van der Waals surface area contributed by atoms with E-state index >= 15 is 0 Å². The number of nitrogens with one attached hydrogen (secondary N) is 1. The third-order valence-electron chi connectivity index (χ3n) is 3.16. The van der Waals surface area contributed by atoms with Crippen molar-refractivity contribution in [3.8, 4) is 0 Å². The zero-order chi connectivity index (χ0) is 15.5. The molecule has 0 saturated carbocycles. The van der Waals surface area contributed by atoms with Crippen LogP contribution in [0.3, 0.4) is 0 Å². The van der Waals surface area contributed by atoms with E-state index in [0.29, 0.717) is 5.82 Å². The van der Waals surface area contributed by atoms with Crippen molar-refractivity contribution in [1.29, 1.82) is 0 Å². The van der Waals surface area contributed by atoms with Gasteiger partial charge in [-0.3, -0.25) is 0 Å². The van der Waals surface area contributed by atoms with Crippen LogP contribution in [-0.2, 0) is 12.0 Å². The van der Waals surface area contributed by atoms with Crippen LogP contribution in [0.4, 0.5) is 11.6 Å². The van der Waals surface area contributed by atoms with Gasteiger partial charge >= 0.3 is 0 Å². The number of nitrogens with two attached hydrogens (primary N) is 1. The van der Waals surface area contributed by atoms with E-state index in [9.17, 15) is 0 Å². The van der Waals surface area contributed by atoms with Crippen LogP contribution in [0, 0.1) is 0 Å². The fraction of sp³-hybridized carbons (Fsp3) is 0.467. The third kappa shape index (κ3) is 3.92. The number of thiophene rings is 1. The second kappa shape index (κ2) is 6.41. The summed E-state index contributed by atoms with van der Waals surface area (Å²) in [6.07, 6.45) is 0. The number of rotatable bonds is 5. The zero-order valence-corrected chi connectivity index (χ0v) is 13.9. The molecular formula is C15H23N5S. The SMILES string of the molecule is CCN(Cc1cccs1)c1cc(NN)nc(C(C)(C)C)n1. The Morgan fingerprint density at radius 3 is 2.62 bits per heavy atom.